The third-order valence-electron chi connectivity index (χ3n) is 6.58. The topological polar surface area (TPSA) is 95.7 Å². The van der Waals surface area contributed by atoms with E-state index in [0.717, 1.165) is 57.8 Å². The average Bonchev–Trinajstić information content (AvgIpc) is 2.83. The number of nitrogens with two attached hydrogens (primary N) is 1. The van der Waals surface area contributed by atoms with E-state index in [-0.39, 0.29) is 11.6 Å². The molecule has 2 amide bonds. The highest BCUT2D eigenvalue weighted by Gasteiger charge is 2.35. The van der Waals surface area contributed by atoms with Crippen LogP contribution in [-0.2, 0) is 0 Å². The SMILES string of the molecule is CCC1CN(c2ncc(C(N)=O)nc2Br)CCN1C1CCN(C(=O)c2ccc(Cl)cc2)CC1. The molecule has 2 saturated heterocycles. The molecule has 2 aromatic rings. The van der Waals surface area contributed by atoms with Gasteiger partial charge in [0.15, 0.2) is 5.82 Å². The van der Waals surface area contributed by atoms with E-state index in [2.05, 4.69) is 42.6 Å². The molecule has 0 saturated carbocycles. The molecule has 1 aromatic carbocycles. The van der Waals surface area contributed by atoms with Crippen molar-refractivity contribution in [2.75, 3.05) is 37.6 Å². The van der Waals surface area contributed by atoms with E-state index >= 15 is 0 Å². The van der Waals surface area contributed by atoms with Gasteiger partial charge in [0.05, 0.1) is 6.20 Å². The van der Waals surface area contributed by atoms with E-state index < -0.39 is 5.91 Å². The Kier molecular flexibility index (Phi) is 7.51. The second-order valence-electron chi connectivity index (χ2n) is 8.51. The molecule has 2 fully saturated rings. The molecule has 8 nitrogen and oxygen atoms in total. The minimum absolute atomic E-state index is 0.0739. The number of benzene rings is 1. The molecular weight excluding hydrogens is 508 g/mol. The number of rotatable bonds is 5. The summed E-state index contributed by atoms with van der Waals surface area (Å²) in [4.78, 5) is 39.6. The maximum absolute atomic E-state index is 12.8. The Hall–Kier alpha value is -2.23. The molecule has 2 aliphatic heterocycles. The van der Waals surface area contributed by atoms with Crippen molar-refractivity contribution in [2.24, 2.45) is 5.73 Å². The number of likely N-dealkylation sites (tertiary alicyclic amines) is 1. The highest BCUT2D eigenvalue weighted by molar-refractivity contribution is 9.10. The van der Waals surface area contributed by atoms with Crippen molar-refractivity contribution in [3.05, 3.63) is 51.3 Å². The summed E-state index contributed by atoms with van der Waals surface area (Å²) >= 11 is 9.40. The van der Waals surface area contributed by atoms with Crippen LogP contribution in [0.25, 0.3) is 0 Å². The second-order valence-corrected chi connectivity index (χ2v) is 9.70. The van der Waals surface area contributed by atoms with Crippen molar-refractivity contribution in [3.8, 4) is 0 Å². The van der Waals surface area contributed by atoms with E-state index in [4.69, 9.17) is 17.3 Å². The summed E-state index contributed by atoms with van der Waals surface area (Å²) in [5.74, 6) is 0.221. The van der Waals surface area contributed by atoms with Gasteiger partial charge >= 0.3 is 0 Å². The van der Waals surface area contributed by atoms with Crippen LogP contribution in [0.3, 0.4) is 0 Å². The first-order chi connectivity index (χ1) is 15.9. The lowest BCUT2D eigenvalue weighted by molar-refractivity contribution is 0.0490. The number of halogens is 2. The van der Waals surface area contributed by atoms with E-state index in [1.165, 1.54) is 6.20 Å². The summed E-state index contributed by atoms with van der Waals surface area (Å²) in [6.45, 7) is 6.30. The van der Waals surface area contributed by atoms with Gasteiger partial charge in [0.25, 0.3) is 11.8 Å². The van der Waals surface area contributed by atoms with Gasteiger partial charge in [-0.15, -0.1) is 0 Å². The third kappa shape index (κ3) is 5.31. The molecule has 2 aliphatic rings. The zero-order valence-corrected chi connectivity index (χ0v) is 20.9. The summed E-state index contributed by atoms with van der Waals surface area (Å²) in [7, 11) is 0. The lowest BCUT2D eigenvalue weighted by Crippen LogP contribution is -2.58. The Labute approximate surface area is 207 Å². The minimum atomic E-state index is -0.591. The Morgan fingerprint density at radius 2 is 1.85 bits per heavy atom. The van der Waals surface area contributed by atoms with Crippen molar-refractivity contribution >= 4 is 45.2 Å². The van der Waals surface area contributed by atoms with Gasteiger partial charge in [-0.05, 0) is 59.5 Å². The molecule has 33 heavy (non-hydrogen) atoms. The summed E-state index contributed by atoms with van der Waals surface area (Å²) in [6, 6.07) is 7.94. The maximum atomic E-state index is 12.8. The molecular formula is C23H28BrClN6O2. The molecule has 1 unspecified atom stereocenters. The van der Waals surface area contributed by atoms with Gasteiger partial charge < -0.3 is 15.5 Å². The van der Waals surface area contributed by atoms with Crippen LogP contribution < -0.4 is 10.6 Å². The molecule has 0 aliphatic carbocycles. The van der Waals surface area contributed by atoms with E-state index in [1.54, 1.807) is 24.3 Å². The average molecular weight is 536 g/mol. The standard InChI is InChI=1S/C23H28BrClN6O2/c1-2-17-14-30(22-20(24)28-19(13-27-22)21(26)32)11-12-31(17)18-7-9-29(10-8-18)23(33)15-3-5-16(25)6-4-15/h3-6,13,17-18H,2,7-12,14H2,1H3,(H2,26,32). The fourth-order valence-electron chi connectivity index (χ4n) is 4.77. The number of carbonyl (C=O) groups is 2. The first-order valence-corrected chi connectivity index (χ1v) is 12.4. The van der Waals surface area contributed by atoms with Crippen LogP contribution in [0.4, 0.5) is 5.82 Å². The Morgan fingerprint density at radius 1 is 1.15 bits per heavy atom. The second kappa shape index (κ2) is 10.4. The van der Waals surface area contributed by atoms with Crippen molar-refractivity contribution in [1.29, 1.82) is 0 Å². The van der Waals surface area contributed by atoms with Crippen LogP contribution in [0.5, 0.6) is 0 Å². The number of aromatic nitrogens is 2. The molecule has 1 atom stereocenters. The first kappa shape index (κ1) is 23.9. The zero-order valence-electron chi connectivity index (χ0n) is 18.6. The number of primary amides is 1. The molecule has 0 radical (unpaired) electrons. The number of hydrogen-bond acceptors (Lipinski definition) is 6. The van der Waals surface area contributed by atoms with Crippen LogP contribution in [0, 0.1) is 0 Å². The predicted molar refractivity (Wildman–Crippen MR) is 132 cm³/mol. The fraction of sp³-hybridized carbons (Fsp3) is 0.478. The van der Waals surface area contributed by atoms with Gasteiger partial charge in [-0.25, -0.2) is 9.97 Å². The number of hydrogen-bond donors (Lipinski definition) is 1. The molecule has 0 spiro atoms. The van der Waals surface area contributed by atoms with Crippen LogP contribution in [0.2, 0.25) is 5.02 Å². The minimum Gasteiger partial charge on any atom is -0.364 e. The Balaban J connectivity index is 1.37. The maximum Gasteiger partial charge on any atom is 0.268 e. The van der Waals surface area contributed by atoms with Crippen LogP contribution in [0.1, 0.15) is 47.0 Å². The van der Waals surface area contributed by atoms with Gasteiger partial charge in [0.1, 0.15) is 10.3 Å². The summed E-state index contributed by atoms with van der Waals surface area (Å²) < 4.78 is 0.538. The van der Waals surface area contributed by atoms with Gasteiger partial charge in [-0.3, -0.25) is 14.5 Å². The fourth-order valence-corrected chi connectivity index (χ4v) is 5.44. The van der Waals surface area contributed by atoms with Gasteiger partial charge in [-0.1, -0.05) is 18.5 Å². The van der Waals surface area contributed by atoms with Crippen molar-refractivity contribution in [3.63, 3.8) is 0 Å². The van der Waals surface area contributed by atoms with Gasteiger partial charge in [-0.2, -0.15) is 0 Å². The predicted octanol–water partition coefficient (Wildman–Crippen LogP) is 3.20. The van der Waals surface area contributed by atoms with Crippen molar-refractivity contribution in [1.82, 2.24) is 19.8 Å². The van der Waals surface area contributed by atoms with E-state index in [9.17, 15) is 9.59 Å². The summed E-state index contributed by atoms with van der Waals surface area (Å²) in [6.07, 6.45) is 4.38. The number of piperazine rings is 1. The van der Waals surface area contributed by atoms with Crippen molar-refractivity contribution in [2.45, 2.75) is 38.3 Å². The number of piperidine rings is 1. The normalized spacial score (nSPS) is 20.2. The molecule has 176 valence electrons. The Morgan fingerprint density at radius 3 is 2.45 bits per heavy atom. The quantitative estimate of drug-likeness (QED) is 0.632. The molecule has 2 N–H and O–H groups in total. The van der Waals surface area contributed by atoms with E-state index in [0.29, 0.717) is 27.3 Å². The van der Waals surface area contributed by atoms with Crippen LogP contribution in [-0.4, -0.2) is 76.4 Å². The van der Waals surface area contributed by atoms with Gasteiger partial charge in [0.2, 0.25) is 0 Å². The molecule has 0 bridgehead atoms. The number of amides is 2. The smallest absolute Gasteiger partial charge is 0.268 e. The lowest BCUT2D eigenvalue weighted by atomic mass is 9.97. The highest BCUT2D eigenvalue weighted by atomic mass is 79.9. The number of nitrogens with zero attached hydrogens (tertiary/aromatic N) is 5. The first-order valence-electron chi connectivity index (χ1n) is 11.2. The van der Waals surface area contributed by atoms with Crippen LogP contribution in [0.15, 0.2) is 35.1 Å². The molecule has 1 aromatic heterocycles. The number of anilines is 1. The summed E-state index contributed by atoms with van der Waals surface area (Å²) in [5, 5.41) is 0.636. The highest BCUT2D eigenvalue weighted by Crippen LogP contribution is 2.28. The molecule has 10 heteroatoms. The van der Waals surface area contributed by atoms with Crippen LogP contribution >= 0.6 is 27.5 Å². The monoisotopic (exact) mass is 534 g/mol. The molecule has 3 heterocycles. The third-order valence-corrected chi connectivity index (χ3v) is 7.36. The zero-order chi connectivity index (χ0) is 23.5. The number of carbonyl (C=O) groups excluding carboxylic acids is 2. The molecule has 4 rings (SSSR count). The Bertz CT molecular complexity index is 1010. The lowest BCUT2D eigenvalue weighted by Gasteiger charge is -2.47. The summed E-state index contributed by atoms with van der Waals surface area (Å²) in [5.41, 5.74) is 6.15. The van der Waals surface area contributed by atoms with Gasteiger partial charge in [0, 0.05) is 55.4 Å². The van der Waals surface area contributed by atoms with Crippen molar-refractivity contribution < 1.29 is 9.59 Å². The van der Waals surface area contributed by atoms with E-state index in [1.807, 2.05) is 4.90 Å². The largest absolute Gasteiger partial charge is 0.364 e.